The van der Waals surface area contributed by atoms with Crippen molar-refractivity contribution in [3.63, 3.8) is 0 Å². The number of nitrogens with one attached hydrogen (secondary N) is 2. The molecule has 0 atom stereocenters. The second kappa shape index (κ2) is 6.15. The van der Waals surface area contributed by atoms with Crippen LogP contribution in [0.2, 0.25) is 0 Å². The Morgan fingerprint density at radius 3 is 2.72 bits per heavy atom. The van der Waals surface area contributed by atoms with Gasteiger partial charge in [-0.2, -0.15) is 0 Å². The number of amidine groups is 1. The molecule has 0 aromatic heterocycles. The molecular weight excluding hydrogens is 318 g/mol. The first-order chi connectivity index (χ1) is 12.1. The van der Waals surface area contributed by atoms with Crippen LogP contribution in [0.15, 0.2) is 29.3 Å². The fraction of sp³-hybridized carbons (Fsp3) is 0.500. The lowest BCUT2D eigenvalue weighted by molar-refractivity contribution is -0.139. The van der Waals surface area contributed by atoms with Crippen LogP contribution < -0.4 is 10.6 Å². The SMILES string of the molecule is CN1CCNC(=O)C12CCN(C(=O)NC1=Nc3ccccc3C1)CC2. The molecule has 0 aliphatic carbocycles. The van der Waals surface area contributed by atoms with E-state index >= 15 is 0 Å². The highest BCUT2D eigenvalue weighted by molar-refractivity contribution is 6.02. The number of carbonyl (C=O) groups excluding carboxylic acids is 2. The molecule has 25 heavy (non-hydrogen) atoms. The fourth-order valence-electron chi connectivity index (χ4n) is 3.99. The average Bonchev–Trinajstić information content (AvgIpc) is 3.02. The molecule has 2 saturated heterocycles. The van der Waals surface area contributed by atoms with Gasteiger partial charge in [0.1, 0.15) is 11.4 Å². The summed E-state index contributed by atoms with van der Waals surface area (Å²) in [5, 5.41) is 5.90. The maximum absolute atomic E-state index is 12.6. The molecule has 1 aromatic rings. The number of nitrogens with zero attached hydrogens (tertiary/aromatic N) is 3. The van der Waals surface area contributed by atoms with Gasteiger partial charge < -0.3 is 10.2 Å². The number of rotatable bonds is 0. The van der Waals surface area contributed by atoms with Gasteiger partial charge in [0.25, 0.3) is 0 Å². The summed E-state index contributed by atoms with van der Waals surface area (Å²) in [5.41, 5.74) is 1.60. The number of likely N-dealkylation sites (N-methyl/N-ethyl adjacent to an activating group) is 1. The Balaban J connectivity index is 1.37. The number of urea groups is 1. The number of piperidine rings is 1. The van der Waals surface area contributed by atoms with E-state index in [9.17, 15) is 9.59 Å². The minimum absolute atomic E-state index is 0.0944. The number of fused-ring (bicyclic) bond motifs is 1. The molecule has 0 radical (unpaired) electrons. The molecule has 3 aliphatic rings. The van der Waals surface area contributed by atoms with Crippen molar-refractivity contribution < 1.29 is 9.59 Å². The zero-order chi connectivity index (χ0) is 17.4. The summed E-state index contributed by atoms with van der Waals surface area (Å²) in [6, 6.07) is 7.79. The van der Waals surface area contributed by atoms with Crippen LogP contribution in [0, 0.1) is 0 Å². The molecule has 4 rings (SSSR count). The number of hydrogen-bond donors (Lipinski definition) is 2. The molecule has 3 heterocycles. The van der Waals surface area contributed by atoms with E-state index < -0.39 is 5.54 Å². The molecule has 1 aromatic carbocycles. The molecule has 3 amide bonds. The van der Waals surface area contributed by atoms with Crippen molar-refractivity contribution in [2.75, 3.05) is 33.2 Å². The van der Waals surface area contributed by atoms with Crippen molar-refractivity contribution in [3.8, 4) is 0 Å². The van der Waals surface area contributed by atoms with E-state index in [-0.39, 0.29) is 11.9 Å². The molecule has 0 unspecified atom stereocenters. The van der Waals surface area contributed by atoms with Crippen LogP contribution in [0.4, 0.5) is 10.5 Å². The molecule has 7 nitrogen and oxygen atoms in total. The van der Waals surface area contributed by atoms with E-state index in [1.165, 1.54) is 0 Å². The van der Waals surface area contributed by atoms with Gasteiger partial charge in [0, 0.05) is 32.6 Å². The third kappa shape index (κ3) is 2.78. The van der Waals surface area contributed by atoms with Crippen LogP contribution in [0.1, 0.15) is 18.4 Å². The first kappa shape index (κ1) is 16.1. The molecular formula is C18H23N5O2. The van der Waals surface area contributed by atoms with Crippen molar-refractivity contribution in [1.82, 2.24) is 20.4 Å². The highest BCUT2D eigenvalue weighted by Crippen LogP contribution is 2.30. The third-order valence-electron chi connectivity index (χ3n) is 5.62. The van der Waals surface area contributed by atoms with Crippen LogP contribution in [-0.4, -0.2) is 66.3 Å². The second-order valence-electron chi connectivity index (χ2n) is 6.99. The molecule has 3 aliphatic heterocycles. The summed E-state index contributed by atoms with van der Waals surface area (Å²) >= 11 is 0. The first-order valence-corrected chi connectivity index (χ1v) is 8.79. The Bertz CT molecular complexity index is 737. The number of para-hydroxylation sites is 1. The number of likely N-dealkylation sites (tertiary alicyclic amines) is 1. The van der Waals surface area contributed by atoms with E-state index in [1.54, 1.807) is 4.90 Å². The Morgan fingerprint density at radius 2 is 2.00 bits per heavy atom. The standard InChI is InChI=1S/C18H23N5O2/c1-22-11-8-19-16(24)18(22)6-9-23(10-7-18)17(25)21-15-12-13-4-2-3-5-14(13)20-15/h2-5H,6-12H2,1H3,(H,19,24)(H,20,21,25). The summed E-state index contributed by atoms with van der Waals surface area (Å²) in [7, 11) is 2.00. The van der Waals surface area contributed by atoms with Gasteiger partial charge in [0.2, 0.25) is 5.91 Å². The van der Waals surface area contributed by atoms with Crippen molar-refractivity contribution in [1.29, 1.82) is 0 Å². The minimum Gasteiger partial charge on any atom is -0.353 e. The maximum Gasteiger partial charge on any atom is 0.322 e. The zero-order valence-corrected chi connectivity index (χ0v) is 14.4. The summed E-state index contributed by atoms with van der Waals surface area (Å²) in [6.45, 7) is 2.70. The van der Waals surface area contributed by atoms with Crippen molar-refractivity contribution in [2.45, 2.75) is 24.8 Å². The first-order valence-electron chi connectivity index (χ1n) is 8.79. The van der Waals surface area contributed by atoms with Gasteiger partial charge in [-0.1, -0.05) is 18.2 Å². The molecule has 2 N–H and O–H groups in total. The zero-order valence-electron chi connectivity index (χ0n) is 14.4. The summed E-state index contributed by atoms with van der Waals surface area (Å²) in [6.07, 6.45) is 1.98. The van der Waals surface area contributed by atoms with E-state index in [2.05, 4.69) is 20.5 Å². The van der Waals surface area contributed by atoms with E-state index in [1.807, 2.05) is 31.3 Å². The Hall–Kier alpha value is -2.41. The van der Waals surface area contributed by atoms with E-state index in [4.69, 9.17) is 0 Å². The highest BCUT2D eigenvalue weighted by Gasteiger charge is 2.47. The largest absolute Gasteiger partial charge is 0.353 e. The van der Waals surface area contributed by atoms with Crippen molar-refractivity contribution in [3.05, 3.63) is 29.8 Å². The summed E-state index contributed by atoms with van der Waals surface area (Å²) < 4.78 is 0. The highest BCUT2D eigenvalue weighted by atomic mass is 16.2. The van der Waals surface area contributed by atoms with Crippen molar-refractivity contribution >= 4 is 23.5 Å². The maximum atomic E-state index is 12.6. The lowest BCUT2D eigenvalue weighted by Crippen LogP contribution is -2.67. The fourth-order valence-corrected chi connectivity index (χ4v) is 3.99. The van der Waals surface area contributed by atoms with E-state index in [0.717, 1.165) is 17.8 Å². The van der Waals surface area contributed by atoms with Crippen LogP contribution in [0.25, 0.3) is 0 Å². The van der Waals surface area contributed by atoms with Gasteiger partial charge in [-0.3, -0.25) is 15.0 Å². The predicted octanol–water partition coefficient (Wildman–Crippen LogP) is 0.879. The van der Waals surface area contributed by atoms with E-state index in [0.29, 0.717) is 44.7 Å². The Kier molecular flexibility index (Phi) is 3.95. The normalized spacial score (nSPS) is 22.4. The topological polar surface area (TPSA) is 77.0 Å². The average molecular weight is 341 g/mol. The second-order valence-corrected chi connectivity index (χ2v) is 6.99. The monoisotopic (exact) mass is 341 g/mol. The number of amides is 3. The van der Waals surface area contributed by atoms with Crippen LogP contribution in [0.5, 0.6) is 0 Å². The van der Waals surface area contributed by atoms with Gasteiger partial charge in [-0.15, -0.1) is 0 Å². The number of aliphatic imine (C=N–C) groups is 1. The van der Waals surface area contributed by atoms with Gasteiger partial charge >= 0.3 is 6.03 Å². The number of hydrogen-bond acceptors (Lipinski definition) is 4. The molecule has 7 heteroatoms. The molecule has 1 spiro atoms. The smallest absolute Gasteiger partial charge is 0.322 e. The quantitative estimate of drug-likeness (QED) is 0.735. The van der Waals surface area contributed by atoms with Gasteiger partial charge in [0.05, 0.1) is 5.69 Å². The van der Waals surface area contributed by atoms with Crippen molar-refractivity contribution in [2.24, 2.45) is 4.99 Å². The van der Waals surface area contributed by atoms with Crippen LogP contribution in [-0.2, 0) is 11.2 Å². The molecule has 2 fully saturated rings. The van der Waals surface area contributed by atoms with Gasteiger partial charge in [-0.25, -0.2) is 9.79 Å². The summed E-state index contributed by atoms with van der Waals surface area (Å²) in [4.78, 5) is 33.3. The Labute approximate surface area is 147 Å². The molecule has 0 saturated carbocycles. The Morgan fingerprint density at radius 1 is 1.24 bits per heavy atom. The number of carbonyl (C=O) groups is 2. The van der Waals surface area contributed by atoms with Crippen LogP contribution in [0.3, 0.4) is 0 Å². The number of benzene rings is 1. The molecule has 0 bridgehead atoms. The minimum atomic E-state index is -0.462. The van der Waals surface area contributed by atoms with Crippen LogP contribution >= 0.6 is 0 Å². The molecule has 132 valence electrons. The van der Waals surface area contributed by atoms with Gasteiger partial charge in [0.15, 0.2) is 0 Å². The number of piperazine rings is 1. The predicted molar refractivity (Wildman–Crippen MR) is 95.0 cm³/mol. The third-order valence-corrected chi connectivity index (χ3v) is 5.62. The lowest BCUT2D eigenvalue weighted by Gasteiger charge is -2.48. The van der Waals surface area contributed by atoms with Gasteiger partial charge in [-0.05, 0) is 31.5 Å². The lowest BCUT2D eigenvalue weighted by atomic mass is 9.83. The summed E-state index contributed by atoms with van der Waals surface area (Å²) in [5.74, 6) is 0.788.